The molecule has 0 radical (unpaired) electrons. The fourth-order valence-electron chi connectivity index (χ4n) is 4.36. The van der Waals surface area contributed by atoms with Gasteiger partial charge in [-0.3, -0.25) is 0 Å². The first-order chi connectivity index (χ1) is 15.7. The second-order valence-corrected chi connectivity index (χ2v) is 9.12. The number of aliphatic hydroxyl groups is 3. The molecule has 0 heterocycles. The van der Waals surface area contributed by atoms with Crippen LogP contribution in [-0.4, -0.2) is 46.8 Å². The van der Waals surface area contributed by atoms with Gasteiger partial charge in [-0.15, -0.1) is 0 Å². The summed E-state index contributed by atoms with van der Waals surface area (Å²) in [6.07, 6.45) is 2.32. The highest BCUT2D eigenvalue weighted by Gasteiger charge is 2.32. The molecule has 0 aliphatic carbocycles. The summed E-state index contributed by atoms with van der Waals surface area (Å²) >= 11 is 0. The Morgan fingerprint density at radius 2 is 1.27 bits per heavy atom. The average Bonchev–Trinajstić information content (AvgIpc) is 2.83. The van der Waals surface area contributed by atoms with E-state index in [9.17, 15) is 10.2 Å². The van der Waals surface area contributed by atoms with E-state index in [0.29, 0.717) is 25.2 Å². The van der Waals surface area contributed by atoms with Crippen molar-refractivity contribution in [2.75, 3.05) is 19.8 Å². The van der Waals surface area contributed by atoms with E-state index >= 15 is 0 Å². The van der Waals surface area contributed by atoms with E-state index < -0.39 is 11.7 Å². The summed E-state index contributed by atoms with van der Waals surface area (Å²) in [5, 5.41) is 29.1. The monoisotopic (exact) mass is 458 g/mol. The fraction of sp³-hybridized carbons (Fsp3) is 0.571. The lowest BCUT2D eigenvalue weighted by Crippen LogP contribution is -2.34. The van der Waals surface area contributed by atoms with Crippen LogP contribution in [0, 0.1) is 13.8 Å². The van der Waals surface area contributed by atoms with Crippen LogP contribution >= 0.6 is 0 Å². The van der Waals surface area contributed by atoms with Crippen molar-refractivity contribution in [1.82, 2.24) is 0 Å². The van der Waals surface area contributed by atoms with Gasteiger partial charge in [0.25, 0.3) is 0 Å². The first kappa shape index (κ1) is 27.2. The van der Waals surface area contributed by atoms with E-state index in [1.54, 1.807) is 0 Å². The second kappa shape index (κ2) is 11.9. The Bertz CT molecular complexity index is 884. The van der Waals surface area contributed by atoms with Crippen LogP contribution in [0.15, 0.2) is 36.4 Å². The molecule has 2 aromatic rings. The topological polar surface area (TPSA) is 79.2 Å². The van der Waals surface area contributed by atoms with E-state index in [1.807, 2.05) is 32.9 Å². The second-order valence-electron chi connectivity index (χ2n) is 9.12. The van der Waals surface area contributed by atoms with E-state index in [2.05, 4.69) is 45.0 Å². The van der Waals surface area contributed by atoms with Gasteiger partial charge in [-0.2, -0.15) is 0 Å². The number of rotatable bonds is 13. The van der Waals surface area contributed by atoms with Gasteiger partial charge in [0.05, 0.1) is 12.2 Å². The van der Waals surface area contributed by atoms with Crippen LogP contribution in [0.4, 0.5) is 0 Å². The number of ether oxygens (including phenoxy) is 2. The fourth-order valence-corrected chi connectivity index (χ4v) is 4.36. The number of hydrogen-bond donors (Lipinski definition) is 3. The smallest absolute Gasteiger partial charge is 0.122 e. The van der Waals surface area contributed by atoms with Crippen molar-refractivity contribution in [2.24, 2.45) is 0 Å². The number of hydrogen-bond acceptors (Lipinski definition) is 5. The standard InChI is InChI=1S/C28H42O5/c1-7-27(31,8-2)19-33-26-14-12-23(16-21(26)6)28(9-3,10-4)22-11-13-25(20(5)15-22)32-18-24(30)17-29/h11-16,24,29-31H,7-10,17-19H2,1-6H3/t24-/m0/s1. The molecule has 2 rings (SSSR count). The molecule has 0 saturated carbocycles. The first-order valence-electron chi connectivity index (χ1n) is 12.2. The van der Waals surface area contributed by atoms with Crippen molar-refractivity contribution >= 4 is 0 Å². The maximum Gasteiger partial charge on any atom is 0.122 e. The third kappa shape index (κ3) is 6.28. The van der Waals surface area contributed by atoms with Gasteiger partial charge in [0.2, 0.25) is 0 Å². The molecule has 5 heteroatoms. The minimum absolute atomic E-state index is 0.0647. The summed E-state index contributed by atoms with van der Waals surface area (Å²) in [7, 11) is 0. The molecule has 1 atom stereocenters. The maximum atomic E-state index is 10.6. The summed E-state index contributed by atoms with van der Waals surface area (Å²) < 4.78 is 11.7. The van der Waals surface area contributed by atoms with Crippen molar-refractivity contribution < 1.29 is 24.8 Å². The Morgan fingerprint density at radius 1 is 0.788 bits per heavy atom. The highest BCUT2D eigenvalue weighted by atomic mass is 16.5. The predicted octanol–water partition coefficient (Wildman–Crippen LogP) is 5.07. The molecule has 33 heavy (non-hydrogen) atoms. The molecule has 0 spiro atoms. The molecule has 0 aliphatic heterocycles. The zero-order chi connectivity index (χ0) is 24.6. The van der Waals surface area contributed by atoms with E-state index in [-0.39, 0.29) is 18.6 Å². The molecule has 0 aromatic heterocycles. The van der Waals surface area contributed by atoms with Crippen LogP contribution in [-0.2, 0) is 5.41 Å². The van der Waals surface area contributed by atoms with Gasteiger partial charge in [-0.05, 0) is 73.9 Å². The van der Waals surface area contributed by atoms with Crippen LogP contribution in [0.5, 0.6) is 11.5 Å². The van der Waals surface area contributed by atoms with Crippen LogP contribution in [0.3, 0.4) is 0 Å². The van der Waals surface area contributed by atoms with Crippen molar-refractivity contribution in [3.63, 3.8) is 0 Å². The zero-order valence-corrected chi connectivity index (χ0v) is 21.1. The maximum absolute atomic E-state index is 10.6. The summed E-state index contributed by atoms with van der Waals surface area (Å²) in [5.74, 6) is 1.52. The number of benzene rings is 2. The molecule has 0 aliphatic rings. The summed E-state index contributed by atoms with van der Waals surface area (Å²) in [4.78, 5) is 0. The Kier molecular flexibility index (Phi) is 9.77. The molecule has 184 valence electrons. The van der Waals surface area contributed by atoms with Gasteiger partial charge in [0.15, 0.2) is 0 Å². The van der Waals surface area contributed by atoms with Crippen molar-refractivity contribution in [3.8, 4) is 11.5 Å². The minimum atomic E-state index is -0.885. The molecule has 0 fully saturated rings. The minimum Gasteiger partial charge on any atom is -0.491 e. The lowest BCUT2D eigenvalue weighted by Gasteiger charge is -2.34. The highest BCUT2D eigenvalue weighted by Crippen LogP contribution is 2.41. The molecular weight excluding hydrogens is 416 g/mol. The van der Waals surface area contributed by atoms with Crippen LogP contribution in [0.2, 0.25) is 0 Å². The average molecular weight is 459 g/mol. The molecule has 5 nitrogen and oxygen atoms in total. The number of aliphatic hydroxyl groups excluding tert-OH is 2. The van der Waals surface area contributed by atoms with Crippen LogP contribution in [0.25, 0.3) is 0 Å². The lowest BCUT2D eigenvalue weighted by molar-refractivity contribution is -0.0115. The molecular formula is C28H42O5. The highest BCUT2D eigenvalue weighted by molar-refractivity contribution is 5.48. The molecule has 0 unspecified atom stereocenters. The van der Waals surface area contributed by atoms with E-state index in [0.717, 1.165) is 29.7 Å². The largest absolute Gasteiger partial charge is 0.491 e. The molecule has 0 saturated heterocycles. The van der Waals surface area contributed by atoms with Crippen molar-refractivity contribution in [1.29, 1.82) is 0 Å². The quantitative estimate of drug-likeness (QED) is 0.390. The van der Waals surface area contributed by atoms with E-state index in [4.69, 9.17) is 14.6 Å². The zero-order valence-electron chi connectivity index (χ0n) is 21.1. The van der Waals surface area contributed by atoms with Crippen molar-refractivity contribution in [2.45, 2.75) is 84.3 Å². The summed E-state index contributed by atoms with van der Waals surface area (Å²) in [5.41, 5.74) is 3.57. The van der Waals surface area contributed by atoms with Crippen molar-refractivity contribution in [3.05, 3.63) is 58.7 Å². The Labute approximate surface area is 199 Å². The lowest BCUT2D eigenvalue weighted by atomic mass is 9.70. The molecule has 0 bridgehead atoms. The van der Waals surface area contributed by atoms with Gasteiger partial charge in [-0.25, -0.2) is 0 Å². The van der Waals surface area contributed by atoms with Gasteiger partial charge in [0, 0.05) is 5.41 Å². The Balaban J connectivity index is 2.33. The predicted molar refractivity (Wildman–Crippen MR) is 133 cm³/mol. The van der Waals surface area contributed by atoms with E-state index in [1.165, 1.54) is 11.1 Å². The molecule has 3 N–H and O–H groups in total. The normalized spacial score (nSPS) is 13.1. The molecule has 2 aromatic carbocycles. The van der Waals surface area contributed by atoms with Gasteiger partial charge in [0.1, 0.15) is 30.8 Å². The summed E-state index contributed by atoms with van der Waals surface area (Å²) in [6, 6.07) is 12.6. The Hall–Kier alpha value is -2.08. The van der Waals surface area contributed by atoms with Gasteiger partial charge >= 0.3 is 0 Å². The van der Waals surface area contributed by atoms with Crippen LogP contribution in [0.1, 0.15) is 75.6 Å². The Morgan fingerprint density at radius 3 is 1.67 bits per heavy atom. The third-order valence-electron chi connectivity index (χ3n) is 7.12. The van der Waals surface area contributed by atoms with Crippen LogP contribution < -0.4 is 9.47 Å². The van der Waals surface area contributed by atoms with Gasteiger partial charge < -0.3 is 24.8 Å². The number of aryl methyl sites for hydroxylation is 2. The SMILES string of the molecule is CCC(O)(CC)COc1ccc(C(CC)(CC)c2ccc(OC[C@@H](O)CO)c(C)c2)cc1C. The third-order valence-corrected chi connectivity index (χ3v) is 7.12. The summed E-state index contributed by atoms with van der Waals surface area (Å²) in [6.45, 7) is 12.5. The van der Waals surface area contributed by atoms with Gasteiger partial charge in [-0.1, -0.05) is 52.0 Å². The molecule has 0 amide bonds. The first-order valence-corrected chi connectivity index (χ1v) is 12.2.